The summed E-state index contributed by atoms with van der Waals surface area (Å²) < 4.78 is 0. The summed E-state index contributed by atoms with van der Waals surface area (Å²) in [5.41, 5.74) is -0.613. The Hall–Kier alpha value is -0.590. The molecule has 1 unspecified atom stereocenters. The molecule has 0 N–H and O–H groups in total. The maximum Gasteiger partial charge on any atom is 0.236 e. The van der Waals surface area contributed by atoms with Gasteiger partial charge in [-0.05, 0) is 0 Å². The number of alkyl halides is 1. The summed E-state index contributed by atoms with van der Waals surface area (Å²) in [6.07, 6.45) is 2.63. The maximum atomic E-state index is 9.35. The smallest absolute Gasteiger partial charge is 0.211 e. The van der Waals surface area contributed by atoms with Crippen molar-refractivity contribution in [1.82, 2.24) is 0 Å². The Morgan fingerprint density at radius 3 is 2.71 bits per heavy atom. The molecule has 0 aromatic heterocycles. The van der Waals surface area contributed by atoms with Gasteiger partial charge in [-0.3, -0.25) is 0 Å². The molecule has 0 aliphatic rings. The highest BCUT2D eigenvalue weighted by molar-refractivity contribution is 6.21. The maximum absolute atomic E-state index is 9.35. The van der Waals surface area contributed by atoms with Gasteiger partial charge >= 0.3 is 0 Å². The fraction of sp³-hybridized carbons (Fsp3) is 0.250. The van der Waals surface area contributed by atoms with Crippen LogP contribution in [0.1, 0.15) is 0 Å². The number of rotatable bonds is 2. The van der Waals surface area contributed by atoms with E-state index in [1.54, 1.807) is 0 Å². The van der Waals surface area contributed by atoms with Gasteiger partial charge in [-0.25, -0.2) is 4.79 Å². The minimum Gasteiger partial charge on any atom is -0.211 e. The van der Waals surface area contributed by atoms with Gasteiger partial charge in [-0.2, -0.15) is 4.99 Å². The van der Waals surface area contributed by atoms with Crippen LogP contribution >= 0.6 is 11.6 Å². The second kappa shape index (κ2) is 3.59. The average molecular weight is 118 g/mol. The van der Waals surface area contributed by atoms with Crippen molar-refractivity contribution in [3.05, 3.63) is 12.7 Å². The fourth-order valence-corrected chi connectivity index (χ4v) is 0.143. The van der Waals surface area contributed by atoms with Crippen molar-refractivity contribution in [3.8, 4) is 0 Å². The van der Waals surface area contributed by atoms with Gasteiger partial charge in [0.25, 0.3) is 0 Å². The van der Waals surface area contributed by atoms with E-state index in [0.717, 1.165) is 0 Å². The normalized spacial score (nSPS) is 11.6. The average Bonchev–Trinajstić information content (AvgIpc) is 1.68. The third kappa shape index (κ3) is 3.23. The van der Waals surface area contributed by atoms with Crippen molar-refractivity contribution in [2.75, 3.05) is 0 Å². The van der Waals surface area contributed by atoms with E-state index in [0.29, 0.717) is 0 Å². The van der Waals surface area contributed by atoms with E-state index in [1.807, 2.05) is 0 Å². The summed E-state index contributed by atoms with van der Waals surface area (Å²) in [7, 11) is 0. The number of hydrogen-bond acceptors (Lipinski definition) is 2. The first kappa shape index (κ1) is 6.41. The molecule has 1 atom stereocenters. The van der Waals surface area contributed by atoms with E-state index in [4.69, 9.17) is 11.6 Å². The van der Waals surface area contributed by atoms with Gasteiger partial charge in [0, 0.05) is 0 Å². The summed E-state index contributed by atoms with van der Waals surface area (Å²) in [5.74, 6) is 0. The first-order chi connectivity index (χ1) is 3.31. The zero-order valence-electron chi connectivity index (χ0n) is 3.60. The van der Waals surface area contributed by atoms with E-state index in [-0.39, 0.29) is 0 Å². The first-order valence-corrected chi connectivity index (χ1v) is 2.08. The van der Waals surface area contributed by atoms with Crippen molar-refractivity contribution < 1.29 is 4.79 Å². The molecule has 0 aliphatic heterocycles. The molecule has 0 heterocycles. The molecule has 0 aromatic carbocycles. The Morgan fingerprint density at radius 2 is 2.57 bits per heavy atom. The summed E-state index contributed by atoms with van der Waals surface area (Å²) in [6.45, 7) is 3.27. The molecule has 0 saturated heterocycles. The highest BCUT2D eigenvalue weighted by Crippen LogP contribution is 1.94. The number of nitrogens with zero attached hydrogens (tertiary/aromatic N) is 1. The van der Waals surface area contributed by atoms with Gasteiger partial charge in [0.2, 0.25) is 6.08 Å². The van der Waals surface area contributed by atoms with E-state index < -0.39 is 5.50 Å². The minimum absolute atomic E-state index is 0.613. The highest BCUT2D eigenvalue weighted by atomic mass is 35.5. The highest BCUT2D eigenvalue weighted by Gasteiger charge is 1.86. The standard InChI is InChI=1S/C4H4ClNO/c1-2-4(5)6-3-7/h2,4H,1H2. The summed E-state index contributed by atoms with van der Waals surface area (Å²) in [5, 5.41) is 0. The van der Waals surface area contributed by atoms with Crippen LogP contribution in [-0.4, -0.2) is 11.6 Å². The number of hydrogen-bond donors (Lipinski definition) is 0. The topological polar surface area (TPSA) is 29.4 Å². The molecule has 2 nitrogen and oxygen atoms in total. The van der Waals surface area contributed by atoms with Gasteiger partial charge in [0.15, 0.2) is 5.50 Å². The van der Waals surface area contributed by atoms with Crippen LogP contribution < -0.4 is 0 Å². The molecule has 0 fully saturated rings. The van der Waals surface area contributed by atoms with Crippen molar-refractivity contribution in [2.45, 2.75) is 5.50 Å². The molecule has 0 aromatic rings. The molecule has 3 heteroatoms. The summed E-state index contributed by atoms with van der Waals surface area (Å²) in [4.78, 5) is 12.4. The lowest BCUT2D eigenvalue weighted by atomic mass is 10.6. The van der Waals surface area contributed by atoms with Crippen LogP contribution in [0.2, 0.25) is 0 Å². The van der Waals surface area contributed by atoms with Crippen LogP contribution in [-0.2, 0) is 4.79 Å². The zero-order chi connectivity index (χ0) is 5.70. The van der Waals surface area contributed by atoms with Crippen LogP contribution in [0.25, 0.3) is 0 Å². The van der Waals surface area contributed by atoms with Crippen molar-refractivity contribution in [1.29, 1.82) is 0 Å². The third-order valence-electron chi connectivity index (χ3n) is 0.371. The molecule has 0 spiro atoms. The van der Waals surface area contributed by atoms with Crippen LogP contribution in [0.4, 0.5) is 0 Å². The molecule has 0 amide bonds. The zero-order valence-corrected chi connectivity index (χ0v) is 4.35. The molecular formula is C4H4ClNO. The Balaban J connectivity index is 3.56. The lowest BCUT2D eigenvalue weighted by Crippen LogP contribution is -1.81. The fourth-order valence-electron chi connectivity index (χ4n) is 0.103. The van der Waals surface area contributed by atoms with Crippen molar-refractivity contribution >= 4 is 17.7 Å². The molecule has 0 aliphatic carbocycles. The van der Waals surface area contributed by atoms with Gasteiger partial charge in [-0.1, -0.05) is 24.3 Å². The molecule has 38 valence electrons. The SMILES string of the molecule is C=CC(Cl)N=C=O. The lowest BCUT2D eigenvalue weighted by Gasteiger charge is -1.83. The molecule has 0 bridgehead atoms. The predicted octanol–water partition coefficient (Wildman–Crippen LogP) is 1.07. The molecule has 0 radical (unpaired) electrons. The Labute approximate surface area is 46.5 Å². The Bertz CT molecular complexity index is 106. The number of carbonyl (C=O) groups excluding carboxylic acids is 1. The van der Waals surface area contributed by atoms with Gasteiger partial charge in [-0.15, -0.1) is 0 Å². The van der Waals surface area contributed by atoms with E-state index >= 15 is 0 Å². The molecule has 7 heavy (non-hydrogen) atoms. The number of aliphatic imine (C=N–C) groups is 1. The lowest BCUT2D eigenvalue weighted by molar-refractivity contribution is 0.563. The Morgan fingerprint density at radius 1 is 2.00 bits per heavy atom. The van der Waals surface area contributed by atoms with E-state index in [2.05, 4.69) is 11.6 Å². The molecular weight excluding hydrogens is 114 g/mol. The third-order valence-corrected chi connectivity index (χ3v) is 0.646. The second-order valence-electron chi connectivity index (χ2n) is 0.829. The molecule has 0 rings (SSSR count). The van der Waals surface area contributed by atoms with Gasteiger partial charge < -0.3 is 0 Å². The van der Waals surface area contributed by atoms with E-state index in [9.17, 15) is 4.79 Å². The van der Waals surface area contributed by atoms with Crippen LogP contribution in [0.5, 0.6) is 0 Å². The number of halogens is 1. The van der Waals surface area contributed by atoms with Gasteiger partial charge in [0.05, 0.1) is 0 Å². The second-order valence-corrected chi connectivity index (χ2v) is 1.28. The van der Waals surface area contributed by atoms with E-state index in [1.165, 1.54) is 12.2 Å². The van der Waals surface area contributed by atoms with Crippen LogP contribution in [0.3, 0.4) is 0 Å². The summed E-state index contributed by atoms with van der Waals surface area (Å²) >= 11 is 5.22. The Kier molecular flexibility index (Phi) is 3.29. The predicted molar refractivity (Wildman–Crippen MR) is 28.0 cm³/mol. The van der Waals surface area contributed by atoms with Crippen molar-refractivity contribution in [3.63, 3.8) is 0 Å². The monoisotopic (exact) mass is 117 g/mol. The largest absolute Gasteiger partial charge is 0.236 e. The first-order valence-electron chi connectivity index (χ1n) is 1.65. The number of isocyanates is 1. The van der Waals surface area contributed by atoms with Gasteiger partial charge in [0.1, 0.15) is 0 Å². The van der Waals surface area contributed by atoms with Crippen LogP contribution in [0.15, 0.2) is 17.6 Å². The summed E-state index contributed by atoms with van der Waals surface area (Å²) in [6, 6.07) is 0. The quantitative estimate of drug-likeness (QED) is 0.175. The molecule has 0 saturated carbocycles. The van der Waals surface area contributed by atoms with Crippen LogP contribution in [0, 0.1) is 0 Å². The minimum atomic E-state index is -0.613. The van der Waals surface area contributed by atoms with Crippen molar-refractivity contribution in [2.24, 2.45) is 4.99 Å².